The van der Waals surface area contributed by atoms with E-state index in [0.29, 0.717) is 0 Å². The number of nitrogen functional groups attached to an aromatic ring is 1. The number of anilines is 1. The van der Waals surface area contributed by atoms with Crippen molar-refractivity contribution in [2.24, 2.45) is 5.84 Å². The second-order valence-electron chi connectivity index (χ2n) is 4.05. The van der Waals surface area contributed by atoms with Crippen molar-refractivity contribution >= 4 is 27.0 Å². The van der Waals surface area contributed by atoms with E-state index in [1.807, 2.05) is 12.1 Å². The molecule has 0 atom stereocenters. The van der Waals surface area contributed by atoms with Crippen molar-refractivity contribution in [1.29, 1.82) is 0 Å². The number of pyridine rings is 1. The number of hydrazine groups is 1. The highest BCUT2D eigenvalue weighted by atomic mass is 32.2. The standard InChI is InChI=1S/C12H16N4O2S2/c1-2-9-5-6-10(19-9)8-15-20(17,18)12-11(16-13)4-3-7-14-12/h3-7,15-16H,2,8,13H2,1H3. The Bertz CT molecular complexity index is 682. The summed E-state index contributed by atoms with van der Waals surface area (Å²) in [6.45, 7) is 2.31. The van der Waals surface area contributed by atoms with Crippen molar-refractivity contribution in [3.05, 3.63) is 40.2 Å². The van der Waals surface area contributed by atoms with Crippen LogP contribution in [-0.4, -0.2) is 13.4 Å². The summed E-state index contributed by atoms with van der Waals surface area (Å²) in [4.78, 5) is 6.05. The predicted molar refractivity (Wildman–Crippen MR) is 79.8 cm³/mol. The number of nitrogens with two attached hydrogens (primary N) is 1. The second kappa shape index (κ2) is 6.31. The first-order valence-corrected chi connectivity index (χ1v) is 8.35. The molecule has 0 saturated heterocycles. The van der Waals surface area contributed by atoms with E-state index in [1.165, 1.54) is 11.1 Å². The Morgan fingerprint density at radius 3 is 2.70 bits per heavy atom. The van der Waals surface area contributed by atoms with Gasteiger partial charge in [0.2, 0.25) is 0 Å². The van der Waals surface area contributed by atoms with Gasteiger partial charge < -0.3 is 5.43 Å². The average Bonchev–Trinajstić information content (AvgIpc) is 2.93. The van der Waals surface area contributed by atoms with E-state index >= 15 is 0 Å². The lowest BCUT2D eigenvalue weighted by Gasteiger charge is -2.09. The maximum Gasteiger partial charge on any atom is 0.260 e. The van der Waals surface area contributed by atoms with Crippen LogP contribution in [0, 0.1) is 0 Å². The molecule has 8 heteroatoms. The maximum atomic E-state index is 12.2. The summed E-state index contributed by atoms with van der Waals surface area (Å²) in [5, 5.41) is -0.102. The molecule has 0 aliphatic heterocycles. The van der Waals surface area contributed by atoms with Crippen LogP contribution in [0.25, 0.3) is 0 Å². The van der Waals surface area contributed by atoms with E-state index in [0.717, 1.165) is 11.3 Å². The summed E-state index contributed by atoms with van der Waals surface area (Å²) in [5.41, 5.74) is 2.60. The molecule has 2 aromatic rings. The van der Waals surface area contributed by atoms with E-state index in [1.54, 1.807) is 23.5 Å². The number of sulfonamides is 1. The Labute approximate surface area is 122 Å². The zero-order chi connectivity index (χ0) is 14.6. The molecule has 0 aliphatic carbocycles. The van der Waals surface area contributed by atoms with Gasteiger partial charge in [-0.2, -0.15) is 0 Å². The fraction of sp³-hybridized carbons (Fsp3) is 0.250. The number of nitrogens with zero attached hydrogens (tertiary/aromatic N) is 1. The van der Waals surface area contributed by atoms with Crippen molar-refractivity contribution in [1.82, 2.24) is 9.71 Å². The third-order valence-corrected chi connectivity index (χ3v) is 5.27. The minimum absolute atomic E-state index is 0.102. The second-order valence-corrected chi connectivity index (χ2v) is 6.98. The summed E-state index contributed by atoms with van der Waals surface area (Å²) in [5.74, 6) is 5.30. The molecule has 0 aromatic carbocycles. The van der Waals surface area contributed by atoms with Gasteiger partial charge in [-0.25, -0.2) is 18.1 Å². The number of aryl methyl sites for hydroxylation is 1. The molecule has 0 aliphatic rings. The minimum atomic E-state index is -3.70. The van der Waals surface area contributed by atoms with E-state index in [-0.39, 0.29) is 17.3 Å². The minimum Gasteiger partial charge on any atom is -0.321 e. The van der Waals surface area contributed by atoms with Crippen LogP contribution < -0.4 is 16.0 Å². The fourth-order valence-electron chi connectivity index (χ4n) is 1.66. The van der Waals surface area contributed by atoms with Gasteiger partial charge in [0.05, 0.1) is 5.69 Å². The molecule has 0 bridgehead atoms. The summed E-state index contributed by atoms with van der Waals surface area (Å²) < 4.78 is 26.9. The number of nitrogens with one attached hydrogen (secondary N) is 2. The van der Waals surface area contributed by atoms with Crippen molar-refractivity contribution in [3.63, 3.8) is 0 Å². The molecule has 0 fully saturated rings. The molecule has 6 nitrogen and oxygen atoms in total. The monoisotopic (exact) mass is 312 g/mol. The van der Waals surface area contributed by atoms with Crippen LogP contribution in [0.5, 0.6) is 0 Å². The maximum absolute atomic E-state index is 12.2. The van der Waals surface area contributed by atoms with E-state index in [9.17, 15) is 8.42 Å². The van der Waals surface area contributed by atoms with Gasteiger partial charge in [0.15, 0.2) is 5.03 Å². The van der Waals surface area contributed by atoms with Crippen LogP contribution in [0.2, 0.25) is 0 Å². The first-order valence-electron chi connectivity index (χ1n) is 6.05. The van der Waals surface area contributed by atoms with Crippen molar-refractivity contribution in [2.75, 3.05) is 5.43 Å². The number of hydrogen-bond donors (Lipinski definition) is 3. The van der Waals surface area contributed by atoms with E-state index < -0.39 is 10.0 Å². The molecule has 4 N–H and O–H groups in total. The lowest BCUT2D eigenvalue weighted by Crippen LogP contribution is -2.25. The van der Waals surface area contributed by atoms with Crippen LogP contribution in [-0.2, 0) is 23.0 Å². The Morgan fingerprint density at radius 1 is 1.30 bits per heavy atom. The molecule has 0 unspecified atom stereocenters. The quantitative estimate of drug-likeness (QED) is 0.554. The lowest BCUT2D eigenvalue weighted by atomic mass is 10.4. The highest BCUT2D eigenvalue weighted by Gasteiger charge is 2.19. The van der Waals surface area contributed by atoms with Crippen LogP contribution >= 0.6 is 11.3 Å². The van der Waals surface area contributed by atoms with Crippen molar-refractivity contribution < 1.29 is 8.42 Å². The molecule has 0 amide bonds. The van der Waals surface area contributed by atoms with Crippen molar-refractivity contribution in [2.45, 2.75) is 24.9 Å². The summed E-state index contributed by atoms with van der Waals surface area (Å²) in [6, 6.07) is 7.09. The highest BCUT2D eigenvalue weighted by Crippen LogP contribution is 2.19. The third-order valence-electron chi connectivity index (χ3n) is 2.68. The van der Waals surface area contributed by atoms with E-state index in [2.05, 4.69) is 22.1 Å². The molecule has 2 aromatic heterocycles. The predicted octanol–water partition coefficient (Wildman–Crippen LogP) is 1.47. The number of hydrogen-bond acceptors (Lipinski definition) is 6. The van der Waals surface area contributed by atoms with Crippen LogP contribution in [0.3, 0.4) is 0 Å². The largest absolute Gasteiger partial charge is 0.321 e. The molecule has 2 heterocycles. The van der Waals surface area contributed by atoms with Gasteiger partial charge in [-0.3, -0.25) is 5.84 Å². The molecule has 0 saturated carbocycles. The summed E-state index contributed by atoms with van der Waals surface area (Å²) >= 11 is 1.59. The van der Waals surface area contributed by atoms with E-state index in [4.69, 9.17) is 5.84 Å². The molecule has 108 valence electrons. The van der Waals surface area contributed by atoms with Gasteiger partial charge in [0, 0.05) is 22.5 Å². The normalized spacial score (nSPS) is 11.5. The zero-order valence-electron chi connectivity index (χ0n) is 11.0. The Hall–Kier alpha value is -1.48. The number of rotatable bonds is 6. The Balaban J connectivity index is 2.15. The average molecular weight is 312 g/mol. The van der Waals surface area contributed by atoms with Gasteiger partial charge in [-0.15, -0.1) is 11.3 Å². The van der Waals surface area contributed by atoms with Crippen LogP contribution in [0.15, 0.2) is 35.5 Å². The zero-order valence-corrected chi connectivity index (χ0v) is 12.6. The molecule has 20 heavy (non-hydrogen) atoms. The molecule has 0 spiro atoms. The topological polar surface area (TPSA) is 97.1 Å². The molecular weight excluding hydrogens is 296 g/mol. The third kappa shape index (κ3) is 3.34. The molecular formula is C12H16N4O2S2. The van der Waals surface area contributed by atoms with Gasteiger partial charge in [-0.05, 0) is 30.7 Å². The Morgan fingerprint density at radius 2 is 2.05 bits per heavy atom. The number of thiophene rings is 1. The fourth-order valence-corrected chi connectivity index (χ4v) is 3.74. The van der Waals surface area contributed by atoms with Gasteiger partial charge >= 0.3 is 0 Å². The van der Waals surface area contributed by atoms with Crippen LogP contribution in [0.1, 0.15) is 16.7 Å². The van der Waals surface area contributed by atoms with Crippen molar-refractivity contribution in [3.8, 4) is 0 Å². The first-order chi connectivity index (χ1) is 9.56. The smallest absolute Gasteiger partial charge is 0.260 e. The Kier molecular flexibility index (Phi) is 4.71. The highest BCUT2D eigenvalue weighted by molar-refractivity contribution is 7.89. The summed E-state index contributed by atoms with van der Waals surface area (Å²) in [6.07, 6.45) is 2.36. The molecule has 0 radical (unpaired) electrons. The lowest BCUT2D eigenvalue weighted by molar-refractivity contribution is 0.578. The number of aromatic nitrogens is 1. The van der Waals surface area contributed by atoms with Gasteiger partial charge in [0.25, 0.3) is 10.0 Å². The first kappa shape index (κ1) is 14.9. The molecule has 2 rings (SSSR count). The summed E-state index contributed by atoms with van der Waals surface area (Å²) in [7, 11) is -3.70. The van der Waals surface area contributed by atoms with Crippen LogP contribution in [0.4, 0.5) is 5.69 Å². The van der Waals surface area contributed by atoms with Gasteiger partial charge in [0.1, 0.15) is 0 Å². The SMILES string of the molecule is CCc1ccc(CNS(=O)(=O)c2ncccc2NN)s1. The van der Waals surface area contributed by atoms with Gasteiger partial charge in [-0.1, -0.05) is 6.92 Å².